The van der Waals surface area contributed by atoms with Gasteiger partial charge >= 0.3 is 0 Å². The molecular weight excluding hydrogens is 466 g/mol. The standard InChI is InChI=1S/C26H17N3O5S/c1-2-14-10-11-18-20(12-14)35-26(27-18)28-22(15-6-5-7-16(13-15)29(32)33)21-23(30)17-8-3-4-9-19(17)34-24(21)25(28)31/h3-13,22H,2H2,1H3/t22-/m0/s1. The minimum Gasteiger partial charge on any atom is -0.450 e. The van der Waals surface area contributed by atoms with Crippen molar-refractivity contribution < 1.29 is 14.1 Å². The number of carbonyl (C=O) groups is 1. The second-order valence-electron chi connectivity index (χ2n) is 8.25. The highest BCUT2D eigenvalue weighted by Crippen LogP contribution is 2.44. The summed E-state index contributed by atoms with van der Waals surface area (Å²) in [5.41, 5.74) is 2.29. The van der Waals surface area contributed by atoms with Gasteiger partial charge in [0.25, 0.3) is 11.6 Å². The number of amides is 1. The zero-order valence-corrected chi connectivity index (χ0v) is 19.2. The van der Waals surface area contributed by atoms with Crippen molar-refractivity contribution in [3.05, 3.63) is 110 Å². The molecule has 8 nitrogen and oxygen atoms in total. The summed E-state index contributed by atoms with van der Waals surface area (Å²) in [6.07, 6.45) is 0.860. The third-order valence-corrected chi connectivity index (χ3v) is 7.25. The van der Waals surface area contributed by atoms with Crippen molar-refractivity contribution in [3.8, 4) is 0 Å². The van der Waals surface area contributed by atoms with Gasteiger partial charge in [0.15, 0.2) is 10.6 Å². The number of rotatable bonds is 4. The van der Waals surface area contributed by atoms with Crippen LogP contribution in [0, 0.1) is 10.1 Å². The summed E-state index contributed by atoms with van der Waals surface area (Å²) in [6.45, 7) is 2.06. The molecule has 0 spiro atoms. The molecule has 0 bridgehead atoms. The van der Waals surface area contributed by atoms with E-state index in [1.54, 1.807) is 36.4 Å². The van der Waals surface area contributed by atoms with E-state index in [1.807, 2.05) is 18.2 Å². The van der Waals surface area contributed by atoms with Crippen molar-refractivity contribution in [1.82, 2.24) is 4.98 Å². The van der Waals surface area contributed by atoms with Gasteiger partial charge < -0.3 is 4.42 Å². The van der Waals surface area contributed by atoms with Crippen LogP contribution in [0.1, 0.15) is 40.2 Å². The molecule has 1 aliphatic heterocycles. The molecule has 0 radical (unpaired) electrons. The maximum atomic E-state index is 13.7. The number of nitro groups is 1. The van der Waals surface area contributed by atoms with E-state index in [0.29, 0.717) is 21.7 Å². The van der Waals surface area contributed by atoms with Gasteiger partial charge in [-0.15, -0.1) is 0 Å². The van der Waals surface area contributed by atoms with Gasteiger partial charge in [0.2, 0.25) is 5.76 Å². The van der Waals surface area contributed by atoms with E-state index in [9.17, 15) is 19.7 Å². The third kappa shape index (κ3) is 3.23. The summed E-state index contributed by atoms with van der Waals surface area (Å²) in [4.78, 5) is 44.4. The van der Waals surface area contributed by atoms with E-state index in [1.165, 1.54) is 28.4 Å². The van der Waals surface area contributed by atoms with Gasteiger partial charge in [-0.05, 0) is 41.8 Å². The molecule has 1 amide bonds. The maximum Gasteiger partial charge on any atom is 0.297 e. The monoisotopic (exact) mass is 483 g/mol. The SMILES string of the molecule is CCc1ccc2nc(N3C(=O)c4oc5ccccc5c(=O)c4[C@@H]3c3cccc([N+](=O)[O-])c3)sc2c1. The number of carbonyl (C=O) groups excluding carboxylic acids is 1. The number of nitrogens with zero attached hydrogens (tertiary/aromatic N) is 3. The number of aryl methyl sites for hydroxylation is 1. The predicted octanol–water partition coefficient (Wildman–Crippen LogP) is 5.62. The average molecular weight is 484 g/mol. The van der Waals surface area contributed by atoms with E-state index in [2.05, 4.69) is 11.9 Å². The number of anilines is 1. The minimum atomic E-state index is -0.913. The Bertz CT molecular complexity index is 1740. The summed E-state index contributed by atoms with van der Waals surface area (Å²) in [6, 6.07) is 17.7. The number of fused-ring (bicyclic) bond motifs is 3. The number of aromatic nitrogens is 1. The summed E-state index contributed by atoms with van der Waals surface area (Å²) in [7, 11) is 0. The lowest BCUT2D eigenvalue weighted by Gasteiger charge is -2.22. The first-order valence-electron chi connectivity index (χ1n) is 11.0. The Hall–Kier alpha value is -4.37. The highest BCUT2D eigenvalue weighted by atomic mass is 32.1. The second kappa shape index (κ2) is 7.85. The number of hydrogen-bond acceptors (Lipinski definition) is 7. The van der Waals surface area contributed by atoms with E-state index in [0.717, 1.165) is 22.2 Å². The van der Waals surface area contributed by atoms with Crippen LogP contribution in [-0.2, 0) is 6.42 Å². The molecule has 1 aliphatic rings. The molecule has 0 aliphatic carbocycles. The van der Waals surface area contributed by atoms with Gasteiger partial charge in [-0.3, -0.25) is 24.6 Å². The van der Waals surface area contributed by atoms with Gasteiger partial charge in [0.1, 0.15) is 5.58 Å². The van der Waals surface area contributed by atoms with Crippen molar-refractivity contribution in [2.24, 2.45) is 0 Å². The molecule has 0 N–H and O–H groups in total. The summed E-state index contributed by atoms with van der Waals surface area (Å²) >= 11 is 1.33. The van der Waals surface area contributed by atoms with Gasteiger partial charge in [-0.1, -0.05) is 48.6 Å². The molecule has 3 heterocycles. The lowest BCUT2D eigenvalue weighted by molar-refractivity contribution is -0.384. The van der Waals surface area contributed by atoms with E-state index < -0.39 is 16.9 Å². The first kappa shape index (κ1) is 21.2. The van der Waals surface area contributed by atoms with Crippen LogP contribution < -0.4 is 10.3 Å². The van der Waals surface area contributed by atoms with E-state index in [-0.39, 0.29) is 22.4 Å². The van der Waals surface area contributed by atoms with Gasteiger partial charge in [0, 0.05) is 12.1 Å². The van der Waals surface area contributed by atoms with Crippen molar-refractivity contribution in [2.45, 2.75) is 19.4 Å². The molecule has 0 saturated heterocycles. The number of thiazole rings is 1. The van der Waals surface area contributed by atoms with Crippen LogP contribution in [-0.4, -0.2) is 15.8 Å². The normalized spacial score (nSPS) is 15.2. The Morgan fingerprint density at radius 2 is 1.91 bits per heavy atom. The lowest BCUT2D eigenvalue weighted by Crippen LogP contribution is -2.29. The van der Waals surface area contributed by atoms with Crippen LogP contribution in [0.5, 0.6) is 0 Å². The van der Waals surface area contributed by atoms with Crippen molar-refractivity contribution >= 4 is 49.2 Å². The Kier molecular flexibility index (Phi) is 4.75. The fourth-order valence-corrected chi connectivity index (χ4v) is 5.58. The fraction of sp³-hybridized carbons (Fsp3) is 0.115. The quantitative estimate of drug-likeness (QED) is 0.242. The molecule has 1 atom stereocenters. The Morgan fingerprint density at radius 1 is 1.09 bits per heavy atom. The molecular formula is C26H17N3O5S. The fourth-order valence-electron chi connectivity index (χ4n) is 4.52. The van der Waals surface area contributed by atoms with Crippen LogP contribution in [0.15, 0.2) is 75.9 Å². The molecule has 5 aromatic rings. The first-order chi connectivity index (χ1) is 17.0. The lowest BCUT2D eigenvalue weighted by atomic mass is 9.98. The Balaban J connectivity index is 1.63. The largest absolute Gasteiger partial charge is 0.450 e. The zero-order chi connectivity index (χ0) is 24.3. The Morgan fingerprint density at radius 3 is 2.71 bits per heavy atom. The van der Waals surface area contributed by atoms with Crippen LogP contribution in [0.4, 0.5) is 10.8 Å². The molecule has 9 heteroatoms. The molecule has 0 unspecified atom stereocenters. The number of para-hydroxylation sites is 1. The highest BCUT2D eigenvalue weighted by Gasteiger charge is 2.45. The molecule has 0 saturated carbocycles. The molecule has 0 fully saturated rings. The number of nitro benzene ring substituents is 1. The first-order valence-corrected chi connectivity index (χ1v) is 11.8. The van der Waals surface area contributed by atoms with Crippen molar-refractivity contribution in [3.63, 3.8) is 0 Å². The van der Waals surface area contributed by atoms with Crippen LogP contribution in [0.2, 0.25) is 0 Å². The highest BCUT2D eigenvalue weighted by molar-refractivity contribution is 7.22. The predicted molar refractivity (Wildman–Crippen MR) is 133 cm³/mol. The van der Waals surface area contributed by atoms with E-state index >= 15 is 0 Å². The minimum absolute atomic E-state index is 0.0706. The van der Waals surface area contributed by atoms with Gasteiger partial charge in [0.05, 0.1) is 32.1 Å². The molecule has 3 aromatic carbocycles. The average Bonchev–Trinajstić information content (AvgIpc) is 3.42. The Labute approximate surface area is 202 Å². The number of hydrogen-bond donors (Lipinski definition) is 0. The zero-order valence-electron chi connectivity index (χ0n) is 18.4. The number of non-ortho nitro benzene ring substituents is 1. The van der Waals surface area contributed by atoms with Crippen LogP contribution >= 0.6 is 11.3 Å². The van der Waals surface area contributed by atoms with Gasteiger partial charge in [-0.25, -0.2) is 4.98 Å². The summed E-state index contributed by atoms with van der Waals surface area (Å²) in [5.74, 6) is -0.576. The van der Waals surface area contributed by atoms with Crippen molar-refractivity contribution in [1.29, 1.82) is 0 Å². The maximum absolute atomic E-state index is 13.7. The van der Waals surface area contributed by atoms with E-state index in [4.69, 9.17) is 4.42 Å². The topological polar surface area (TPSA) is 107 Å². The summed E-state index contributed by atoms with van der Waals surface area (Å²) < 4.78 is 6.85. The van der Waals surface area contributed by atoms with Crippen LogP contribution in [0.3, 0.4) is 0 Å². The summed E-state index contributed by atoms with van der Waals surface area (Å²) in [5, 5.41) is 12.2. The molecule has 172 valence electrons. The number of benzene rings is 3. The van der Waals surface area contributed by atoms with Crippen LogP contribution in [0.25, 0.3) is 21.2 Å². The smallest absolute Gasteiger partial charge is 0.297 e. The second-order valence-corrected chi connectivity index (χ2v) is 9.26. The molecule has 6 rings (SSSR count). The molecule has 35 heavy (non-hydrogen) atoms. The molecule has 2 aromatic heterocycles. The van der Waals surface area contributed by atoms with Gasteiger partial charge in [-0.2, -0.15) is 0 Å². The van der Waals surface area contributed by atoms with Crippen molar-refractivity contribution in [2.75, 3.05) is 4.90 Å². The third-order valence-electron chi connectivity index (χ3n) is 6.23.